The molecule has 2 aromatic carbocycles. The fourth-order valence-electron chi connectivity index (χ4n) is 2.84. The summed E-state index contributed by atoms with van der Waals surface area (Å²) in [5, 5.41) is 9.79. The van der Waals surface area contributed by atoms with Crippen molar-refractivity contribution in [3.05, 3.63) is 59.7 Å². The molecule has 2 aromatic rings. The van der Waals surface area contributed by atoms with Crippen molar-refractivity contribution in [1.82, 2.24) is 4.90 Å². The molecule has 1 fully saturated rings. The van der Waals surface area contributed by atoms with Crippen LogP contribution in [-0.2, 0) is 9.53 Å². The fraction of sp³-hybridized carbons (Fsp3) is 0.273. The van der Waals surface area contributed by atoms with E-state index in [2.05, 4.69) is 0 Å². The third kappa shape index (κ3) is 5.58. The molecule has 1 N–H and O–H groups in total. The summed E-state index contributed by atoms with van der Waals surface area (Å²) in [6.45, 7) is 2.20. The van der Waals surface area contributed by atoms with E-state index in [0.717, 1.165) is 0 Å². The van der Waals surface area contributed by atoms with Gasteiger partial charge in [0.2, 0.25) is 0 Å². The minimum absolute atomic E-state index is 0.00947. The van der Waals surface area contributed by atoms with Crippen LogP contribution < -0.4 is 9.47 Å². The first kappa shape index (κ1) is 20.4. The van der Waals surface area contributed by atoms with Gasteiger partial charge in [-0.1, -0.05) is 12.1 Å². The molecule has 1 heterocycles. The second-order valence-electron chi connectivity index (χ2n) is 6.44. The molecule has 0 spiro atoms. The maximum Gasteiger partial charge on any atom is 0.260 e. The summed E-state index contributed by atoms with van der Waals surface area (Å²) < 4.78 is 15.7. The number of phenols is 1. The SMILES string of the molecule is COc1ccc(/C=C/C(=O)c2ccc(OCC(=O)N3CCOCC3)cc2)cc1O. The molecule has 0 radical (unpaired) electrons. The van der Waals surface area contributed by atoms with Crippen LogP contribution in [0.25, 0.3) is 6.08 Å². The summed E-state index contributed by atoms with van der Waals surface area (Å²) in [7, 11) is 1.47. The lowest BCUT2D eigenvalue weighted by molar-refractivity contribution is -0.137. The van der Waals surface area contributed by atoms with Crippen molar-refractivity contribution >= 4 is 17.8 Å². The molecule has 1 amide bonds. The van der Waals surface area contributed by atoms with Gasteiger partial charge in [-0.3, -0.25) is 9.59 Å². The Morgan fingerprint density at radius 1 is 1.14 bits per heavy atom. The van der Waals surface area contributed by atoms with Gasteiger partial charge in [0.1, 0.15) is 5.75 Å². The van der Waals surface area contributed by atoms with Gasteiger partial charge in [-0.2, -0.15) is 0 Å². The van der Waals surface area contributed by atoms with Crippen LogP contribution in [0.5, 0.6) is 17.2 Å². The molecule has 3 rings (SSSR count). The molecule has 152 valence electrons. The van der Waals surface area contributed by atoms with Crippen molar-refractivity contribution < 1.29 is 28.9 Å². The summed E-state index contributed by atoms with van der Waals surface area (Å²) in [6, 6.07) is 11.5. The number of amides is 1. The van der Waals surface area contributed by atoms with Crippen LogP contribution in [0.3, 0.4) is 0 Å². The Morgan fingerprint density at radius 2 is 1.86 bits per heavy atom. The first-order valence-electron chi connectivity index (χ1n) is 9.24. The largest absolute Gasteiger partial charge is 0.504 e. The predicted molar refractivity (Wildman–Crippen MR) is 107 cm³/mol. The van der Waals surface area contributed by atoms with Crippen LogP contribution >= 0.6 is 0 Å². The van der Waals surface area contributed by atoms with E-state index in [1.54, 1.807) is 47.4 Å². The van der Waals surface area contributed by atoms with Crippen molar-refractivity contribution in [2.24, 2.45) is 0 Å². The molecule has 0 aromatic heterocycles. The van der Waals surface area contributed by atoms with Gasteiger partial charge in [-0.05, 0) is 48.0 Å². The highest BCUT2D eigenvalue weighted by molar-refractivity contribution is 6.06. The molecule has 1 aliphatic heterocycles. The number of nitrogens with zero attached hydrogens (tertiary/aromatic N) is 1. The molecule has 1 aliphatic rings. The second kappa shape index (κ2) is 9.75. The zero-order valence-electron chi connectivity index (χ0n) is 16.2. The Hall–Kier alpha value is -3.32. The molecule has 7 heteroatoms. The van der Waals surface area contributed by atoms with Crippen LogP contribution in [0.15, 0.2) is 48.5 Å². The van der Waals surface area contributed by atoms with Gasteiger partial charge in [-0.25, -0.2) is 0 Å². The molecular formula is C22H23NO6. The summed E-state index contributed by atoms with van der Waals surface area (Å²) in [6.07, 6.45) is 3.05. The van der Waals surface area contributed by atoms with Gasteiger partial charge < -0.3 is 24.2 Å². The minimum atomic E-state index is -0.184. The quantitative estimate of drug-likeness (QED) is 0.571. The van der Waals surface area contributed by atoms with E-state index in [1.165, 1.54) is 19.3 Å². The highest BCUT2D eigenvalue weighted by Gasteiger charge is 2.17. The van der Waals surface area contributed by atoms with Crippen LogP contribution in [0.1, 0.15) is 15.9 Å². The Kier molecular flexibility index (Phi) is 6.86. The molecule has 0 aliphatic carbocycles. The van der Waals surface area contributed by atoms with E-state index < -0.39 is 0 Å². The third-order valence-electron chi connectivity index (χ3n) is 4.50. The zero-order chi connectivity index (χ0) is 20.6. The van der Waals surface area contributed by atoms with Gasteiger partial charge >= 0.3 is 0 Å². The molecular weight excluding hydrogens is 374 g/mol. The summed E-state index contributed by atoms with van der Waals surface area (Å²) in [5.74, 6) is 0.633. The van der Waals surface area contributed by atoms with Gasteiger partial charge in [0.25, 0.3) is 5.91 Å². The van der Waals surface area contributed by atoms with Gasteiger partial charge in [-0.15, -0.1) is 0 Å². The number of phenolic OH excluding ortho intramolecular Hbond substituents is 1. The van der Waals surface area contributed by atoms with Crippen LogP contribution in [0.4, 0.5) is 0 Å². The van der Waals surface area contributed by atoms with E-state index in [9.17, 15) is 14.7 Å². The Morgan fingerprint density at radius 3 is 2.52 bits per heavy atom. The number of carbonyl (C=O) groups is 2. The van der Waals surface area contributed by atoms with E-state index in [0.29, 0.717) is 48.9 Å². The number of allylic oxidation sites excluding steroid dienone is 1. The number of ketones is 1. The number of benzene rings is 2. The summed E-state index contributed by atoms with van der Waals surface area (Å²) >= 11 is 0. The monoisotopic (exact) mass is 397 g/mol. The van der Waals surface area contributed by atoms with E-state index >= 15 is 0 Å². The number of methoxy groups -OCH3 is 1. The summed E-state index contributed by atoms with van der Waals surface area (Å²) in [4.78, 5) is 26.1. The van der Waals surface area contributed by atoms with E-state index in [1.807, 2.05) is 0 Å². The van der Waals surface area contributed by atoms with Crippen LogP contribution in [0, 0.1) is 0 Å². The maximum atomic E-state index is 12.3. The van der Waals surface area contributed by atoms with Crippen molar-refractivity contribution in [1.29, 1.82) is 0 Å². The lowest BCUT2D eigenvalue weighted by Gasteiger charge is -2.26. The third-order valence-corrected chi connectivity index (χ3v) is 4.50. The van der Waals surface area contributed by atoms with Gasteiger partial charge in [0.15, 0.2) is 23.9 Å². The average molecular weight is 397 g/mol. The number of aromatic hydroxyl groups is 1. The highest BCUT2D eigenvalue weighted by atomic mass is 16.5. The first-order chi connectivity index (χ1) is 14.1. The topological polar surface area (TPSA) is 85.3 Å². The van der Waals surface area contributed by atoms with Crippen molar-refractivity contribution in [2.45, 2.75) is 0 Å². The normalized spacial score (nSPS) is 14.0. The van der Waals surface area contributed by atoms with Crippen molar-refractivity contribution in [3.8, 4) is 17.2 Å². The molecule has 0 bridgehead atoms. The standard InChI is InChI=1S/C22H23NO6/c1-27-21-9-3-16(14-20(21)25)2-8-19(24)17-4-6-18(7-5-17)29-15-22(26)23-10-12-28-13-11-23/h2-9,14,25H,10-13,15H2,1H3/b8-2+. The lowest BCUT2D eigenvalue weighted by Crippen LogP contribution is -2.42. The second-order valence-corrected chi connectivity index (χ2v) is 6.44. The number of carbonyl (C=O) groups excluding carboxylic acids is 2. The lowest BCUT2D eigenvalue weighted by atomic mass is 10.1. The molecule has 1 saturated heterocycles. The number of morpholine rings is 1. The molecule has 29 heavy (non-hydrogen) atoms. The number of hydrogen-bond acceptors (Lipinski definition) is 6. The first-order valence-corrected chi connectivity index (χ1v) is 9.24. The number of hydrogen-bond donors (Lipinski definition) is 1. The van der Waals surface area contributed by atoms with E-state index in [4.69, 9.17) is 14.2 Å². The van der Waals surface area contributed by atoms with E-state index in [-0.39, 0.29) is 24.0 Å². The minimum Gasteiger partial charge on any atom is -0.504 e. The Labute approximate surface area is 169 Å². The van der Waals surface area contributed by atoms with Crippen LogP contribution in [-0.4, -0.2) is 61.7 Å². The van der Waals surface area contributed by atoms with Crippen LogP contribution in [0.2, 0.25) is 0 Å². The number of ether oxygens (including phenoxy) is 3. The van der Waals surface area contributed by atoms with Crippen molar-refractivity contribution in [2.75, 3.05) is 40.0 Å². The predicted octanol–water partition coefficient (Wildman–Crippen LogP) is 2.53. The molecule has 0 unspecified atom stereocenters. The van der Waals surface area contributed by atoms with Crippen molar-refractivity contribution in [3.63, 3.8) is 0 Å². The zero-order valence-corrected chi connectivity index (χ0v) is 16.2. The Balaban J connectivity index is 1.54. The number of rotatable bonds is 7. The fourth-order valence-corrected chi connectivity index (χ4v) is 2.84. The average Bonchev–Trinajstić information content (AvgIpc) is 2.77. The Bertz CT molecular complexity index is 885. The smallest absolute Gasteiger partial charge is 0.260 e. The van der Waals surface area contributed by atoms with Gasteiger partial charge in [0.05, 0.1) is 20.3 Å². The maximum absolute atomic E-state index is 12.3. The highest BCUT2D eigenvalue weighted by Crippen LogP contribution is 2.26. The summed E-state index contributed by atoms with van der Waals surface area (Å²) in [5.41, 5.74) is 1.17. The molecule has 0 saturated carbocycles. The van der Waals surface area contributed by atoms with Gasteiger partial charge in [0, 0.05) is 18.7 Å². The molecule has 7 nitrogen and oxygen atoms in total. The molecule has 0 atom stereocenters.